The second kappa shape index (κ2) is 5.79. The largest absolute Gasteiger partial charge is 0.275 e. The zero-order valence-electron chi connectivity index (χ0n) is 10.5. The number of hydrogen-bond acceptors (Lipinski definition) is 4. The number of nitrogens with zero attached hydrogens (tertiary/aromatic N) is 1. The van der Waals surface area contributed by atoms with E-state index in [9.17, 15) is 22.9 Å². The molecule has 2 aromatic carbocycles. The lowest BCUT2D eigenvalue weighted by molar-refractivity contribution is -0.385. The molecule has 0 N–H and O–H groups in total. The maximum Gasteiger partial charge on any atom is 0.275 e. The Balaban J connectivity index is 2.41. The Bertz CT molecular complexity index is 790. The third-order valence-corrected chi connectivity index (χ3v) is 4.68. The number of benzene rings is 2. The Morgan fingerprint density at radius 1 is 1.14 bits per heavy atom. The number of nitro groups is 1. The van der Waals surface area contributed by atoms with Crippen molar-refractivity contribution >= 4 is 27.1 Å². The van der Waals surface area contributed by atoms with Crippen LogP contribution in [0, 0.1) is 15.9 Å². The average Bonchev–Trinajstić information content (AvgIpc) is 2.41. The fraction of sp³-hybridized carbons (Fsp3) is 0.0769. The van der Waals surface area contributed by atoms with E-state index in [4.69, 9.17) is 11.6 Å². The molecule has 0 fully saturated rings. The molecule has 2 rings (SSSR count). The lowest BCUT2D eigenvalue weighted by Crippen LogP contribution is -2.07. The first-order chi connectivity index (χ1) is 9.79. The molecular weight excluding hydrogens is 321 g/mol. The SMILES string of the molecule is O=[N+]([O-])c1cc(Cl)ccc1CS(=O)(=O)c1ccc(F)cc1. The highest BCUT2D eigenvalue weighted by Gasteiger charge is 2.22. The van der Waals surface area contributed by atoms with Crippen LogP contribution in [0.25, 0.3) is 0 Å². The minimum absolute atomic E-state index is 0.0220. The maximum atomic E-state index is 12.8. The van der Waals surface area contributed by atoms with Crippen LogP contribution in [0.2, 0.25) is 5.02 Å². The van der Waals surface area contributed by atoms with Crippen molar-refractivity contribution in [3.05, 3.63) is 69.0 Å². The first-order valence-electron chi connectivity index (χ1n) is 5.71. The van der Waals surface area contributed by atoms with Crippen molar-refractivity contribution in [3.8, 4) is 0 Å². The molecule has 21 heavy (non-hydrogen) atoms. The highest BCUT2D eigenvalue weighted by Crippen LogP contribution is 2.27. The van der Waals surface area contributed by atoms with Gasteiger partial charge in [0.1, 0.15) is 5.82 Å². The van der Waals surface area contributed by atoms with Crippen LogP contribution in [0.1, 0.15) is 5.56 Å². The molecule has 0 radical (unpaired) electrons. The lowest BCUT2D eigenvalue weighted by atomic mass is 10.2. The number of sulfone groups is 1. The van der Waals surface area contributed by atoms with Gasteiger partial charge < -0.3 is 0 Å². The molecule has 0 aliphatic rings. The monoisotopic (exact) mass is 329 g/mol. The van der Waals surface area contributed by atoms with Gasteiger partial charge in [-0.25, -0.2) is 12.8 Å². The molecule has 8 heteroatoms. The van der Waals surface area contributed by atoms with E-state index in [2.05, 4.69) is 0 Å². The molecule has 0 heterocycles. The van der Waals surface area contributed by atoms with E-state index in [-0.39, 0.29) is 21.2 Å². The quantitative estimate of drug-likeness (QED) is 0.489. The summed E-state index contributed by atoms with van der Waals surface area (Å²) in [5.74, 6) is -1.13. The van der Waals surface area contributed by atoms with Crippen LogP contribution >= 0.6 is 11.6 Å². The summed E-state index contributed by atoms with van der Waals surface area (Å²) in [5.41, 5.74) is -0.345. The number of rotatable bonds is 4. The molecule has 0 bridgehead atoms. The highest BCUT2D eigenvalue weighted by molar-refractivity contribution is 7.90. The molecule has 0 saturated heterocycles. The Kier molecular flexibility index (Phi) is 4.24. The molecule has 0 amide bonds. The third kappa shape index (κ3) is 3.56. The van der Waals surface area contributed by atoms with Crippen molar-refractivity contribution in [3.63, 3.8) is 0 Å². The topological polar surface area (TPSA) is 77.3 Å². The van der Waals surface area contributed by atoms with Crippen LogP contribution in [-0.2, 0) is 15.6 Å². The van der Waals surface area contributed by atoms with Gasteiger partial charge >= 0.3 is 0 Å². The van der Waals surface area contributed by atoms with Gasteiger partial charge in [-0.3, -0.25) is 10.1 Å². The fourth-order valence-corrected chi connectivity index (χ4v) is 3.30. The summed E-state index contributed by atoms with van der Waals surface area (Å²) in [6.45, 7) is 0. The summed E-state index contributed by atoms with van der Waals surface area (Å²) in [5, 5.41) is 11.1. The molecule has 2 aromatic rings. The smallest absolute Gasteiger partial charge is 0.258 e. The van der Waals surface area contributed by atoms with Gasteiger partial charge in [0.15, 0.2) is 9.84 Å². The van der Waals surface area contributed by atoms with Crippen molar-refractivity contribution in [2.45, 2.75) is 10.6 Å². The van der Waals surface area contributed by atoms with Gasteiger partial charge in [-0.05, 0) is 36.4 Å². The van der Waals surface area contributed by atoms with Gasteiger partial charge in [0.25, 0.3) is 5.69 Å². The molecular formula is C13H9ClFNO4S. The van der Waals surface area contributed by atoms with Gasteiger partial charge in [0, 0.05) is 16.7 Å². The van der Waals surface area contributed by atoms with Gasteiger partial charge in [-0.1, -0.05) is 11.6 Å². The summed E-state index contributed by atoms with van der Waals surface area (Å²) >= 11 is 5.67. The van der Waals surface area contributed by atoms with Crippen molar-refractivity contribution < 1.29 is 17.7 Å². The number of hydrogen-bond donors (Lipinski definition) is 0. The standard InChI is InChI=1S/C13H9ClFNO4S/c14-10-2-1-9(13(7-10)16(17)18)8-21(19,20)12-5-3-11(15)4-6-12/h1-7H,8H2. The molecule has 5 nitrogen and oxygen atoms in total. The van der Waals surface area contributed by atoms with Crippen LogP contribution in [0.5, 0.6) is 0 Å². The molecule has 0 aliphatic heterocycles. The molecule has 0 unspecified atom stereocenters. The summed E-state index contributed by atoms with van der Waals surface area (Å²) in [7, 11) is -3.81. The number of halogens is 2. The normalized spacial score (nSPS) is 11.3. The average molecular weight is 330 g/mol. The van der Waals surface area contributed by atoms with Crippen molar-refractivity contribution in [1.29, 1.82) is 0 Å². The van der Waals surface area contributed by atoms with Crippen molar-refractivity contribution in [2.24, 2.45) is 0 Å². The third-order valence-electron chi connectivity index (χ3n) is 2.76. The van der Waals surface area contributed by atoms with Crippen LogP contribution < -0.4 is 0 Å². The zero-order chi connectivity index (χ0) is 15.6. The summed E-state index contributed by atoms with van der Waals surface area (Å²) in [6.07, 6.45) is 0. The molecule has 110 valence electrons. The first-order valence-corrected chi connectivity index (χ1v) is 7.74. The van der Waals surface area contributed by atoms with E-state index in [0.29, 0.717) is 0 Å². The van der Waals surface area contributed by atoms with E-state index in [0.717, 1.165) is 30.3 Å². The Morgan fingerprint density at radius 2 is 1.76 bits per heavy atom. The van der Waals surface area contributed by atoms with Crippen LogP contribution in [0.3, 0.4) is 0 Å². The summed E-state index contributed by atoms with van der Waals surface area (Å²) < 4.78 is 37.2. The Hall–Kier alpha value is -1.99. The predicted octanol–water partition coefficient (Wildman–Crippen LogP) is 3.36. The first kappa shape index (κ1) is 15.4. The van der Waals surface area contributed by atoms with Crippen molar-refractivity contribution in [2.75, 3.05) is 0 Å². The van der Waals surface area contributed by atoms with Gasteiger partial charge in [-0.2, -0.15) is 0 Å². The Morgan fingerprint density at radius 3 is 2.33 bits per heavy atom. The minimum Gasteiger partial charge on any atom is -0.258 e. The lowest BCUT2D eigenvalue weighted by Gasteiger charge is -2.06. The molecule has 0 aliphatic carbocycles. The van der Waals surface area contributed by atoms with E-state index in [1.165, 1.54) is 12.1 Å². The fourth-order valence-electron chi connectivity index (χ4n) is 1.76. The molecule has 0 aromatic heterocycles. The van der Waals surface area contributed by atoms with Crippen LogP contribution in [-0.4, -0.2) is 13.3 Å². The van der Waals surface area contributed by atoms with E-state index in [1.54, 1.807) is 0 Å². The van der Waals surface area contributed by atoms with Crippen LogP contribution in [0.4, 0.5) is 10.1 Å². The summed E-state index contributed by atoms with van der Waals surface area (Å²) in [4.78, 5) is 10.1. The predicted molar refractivity (Wildman–Crippen MR) is 75.4 cm³/mol. The number of nitro benzene ring substituents is 1. The Labute approximate surface area is 125 Å². The molecule has 0 atom stereocenters. The van der Waals surface area contributed by atoms with E-state index < -0.39 is 26.3 Å². The highest BCUT2D eigenvalue weighted by atomic mass is 35.5. The van der Waals surface area contributed by atoms with Gasteiger partial charge in [0.05, 0.1) is 15.6 Å². The minimum atomic E-state index is -3.81. The molecule has 0 saturated carbocycles. The van der Waals surface area contributed by atoms with Crippen molar-refractivity contribution in [1.82, 2.24) is 0 Å². The van der Waals surface area contributed by atoms with E-state index >= 15 is 0 Å². The second-order valence-corrected chi connectivity index (χ2v) is 6.67. The molecule has 0 spiro atoms. The van der Waals surface area contributed by atoms with Gasteiger partial charge in [-0.15, -0.1) is 0 Å². The second-order valence-electron chi connectivity index (χ2n) is 4.24. The van der Waals surface area contributed by atoms with Crippen LogP contribution in [0.15, 0.2) is 47.4 Å². The van der Waals surface area contributed by atoms with Gasteiger partial charge in [0.2, 0.25) is 0 Å². The maximum absolute atomic E-state index is 12.8. The summed E-state index contributed by atoms with van der Waals surface area (Å²) in [6, 6.07) is 8.04. The van der Waals surface area contributed by atoms with E-state index in [1.807, 2.05) is 0 Å². The zero-order valence-corrected chi connectivity index (χ0v) is 12.1.